The third kappa shape index (κ3) is 3.99. The second kappa shape index (κ2) is 6.08. The predicted octanol–water partition coefficient (Wildman–Crippen LogP) is 3.53. The molecule has 2 nitrogen and oxygen atoms in total. The van der Waals surface area contributed by atoms with Crippen LogP contribution < -0.4 is 0 Å². The molecule has 0 saturated heterocycles. The van der Waals surface area contributed by atoms with Gasteiger partial charge in [-0.25, -0.2) is 0 Å². The molecule has 0 aliphatic heterocycles. The lowest BCUT2D eigenvalue weighted by atomic mass is 10.1. The van der Waals surface area contributed by atoms with Crippen molar-refractivity contribution in [3.8, 4) is 0 Å². The number of aliphatic imine (C=N–C) groups is 2. The Kier molecular flexibility index (Phi) is 5.46. The van der Waals surface area contributed by atoms with Crippen molar-refractivity contribution < 1.29 is 0 Å². The van der Waals surface area contributed by atoms with Gasteiger partial charge in [0, 0.05) is 6.21 Å². The molecule has 0 unspecified atom stereocenters. The standard InChI is InChI=1S/C12H18N2/c1-7-14-12(11(5)13-6)8-10(4)9(2)3/h7-8H,5-6H2,1-4H3/b12-8+,14-7?. The Labute approximate surface area is 86.5 Å². The predicted molar refractivity (Wildman–Crippen MR) is 65.0 cm³/mol. The molecule has 0 aromatic carbocycles. The number of hydrogen-bond donors (Lipinski definition) is 0. The zero-order valence-electron chi connectivity index (χ0n) is 9.46. The van der Waals surface area contributed by atoms with Crippen LogP contribution in [0.5, 0.6) is 0 Å². The largest absolute Gasteiger partial charge is 0.263 e. The van der Waals surface area contributed by atoms with Gasteiger partial charge >= 0.3 is 0 Å². The first-order valence-corrected chi connectivity index (χ1v) is 4.53. The maximum absolute atomic E-state index is 4.19. The molecule has 2 heteroatoms. The third-order valence-electron chi connectivity index (χ3n) is 1.90. The van der Waals surface area contributed by atoms with Crippen LogP contribution in [0.3, 0.4) is 0 Å². The molecule has 0 aromatic heterocycles. The van der Waals surface area contributed by atoms with Crippen molar-refractivity contribution >= 4 is 12.9 Å². The smallest absolute Gasteiger partial charge is 0.0878 e. The summed E-state index contributed by atoms with van der Waals surface area (Å²) in [5.74, 6) is 0. The fraction of sp³-hybridized carbons (Fsp3) is 0.333. The van der Waals surface area contributed by atoms with Crippen molar-refractivity contribution in [2.75, 3.05) is 0 Å². The molecule has 76 valence electrons. The molecule has 0 heterocycles. The molecule has 0 radical (unpaired) electrons. The zero-order chi connectivity index (χ0) is 11.1. The summed E-state index contributed by atoms with van der Waals surface area (Å²) >= 11 is 0. The zero-order valence-corrected chi connectivity index (χ0v) is 9.46. The highest BCUT2D eigenvalue weighted by molar-refractivity contribution is 5.58. The van der Waals surface area contributed by atoms with Gasteiger partial charge < -0.3 is 0 Å². The van der Waals surface area contributed by atoms with Crippen LogP contribution in [0.25, 0.3) is 0 Å². The van der Waals surface area contributed by atoms with E-state index in [0.717, 1.165) is 5.70 Å². The van der Waals surface area contributed by atoms with E-state index in [1.165, 1.54) is 11.1 Å². The van der Waals surface area contributed by atoms with E-state index in [1.807, 2.05) is 19.9 Å². The molecule has 0 aliphatic carbocycles. The van der Waals surface area contributed by atoms with Gasteiger partial charge in [-0.2, -0.15) is 0 Å². The van der Waals surface area contributed by atoms with Crippen molar-refractivity contribution in [2.24, 2.45) is 9.98 Å². The van der Waals surface area contributed by atoms with Crippen LogP contribution in [0.4, 0.5) is 0 Å². The van der Waals surface area contributed by atoms with Gasteiger partial charge in [-0.3, -0.25) is 9.98 Å². The summed E-state index contributed by atoms with van der Waals surface area (Å²) in [6, 6.07) is 0. The minimum atomic E-state index is 0.601. The quantitative estimate of drug-likeness (QED) is 0.478. The summed E-state index contributed by atoms with van der Waals surface area (Å²) in [6.07, 6.45) is 3.69. The van der Waals surface area contributed by atoms with Gasteiger partial charge in [0.2, 0.25) is 0 Å². The van der Waals surface area contributed by atoms with Crippen molar-refractivity contribution in [2.45, 2.75) is 27.7 Å². The molecule has 14 heavy (non-hydrogen) atoms. The summed E-state index contributed by atoms with van der Waals surface area (Å²) in [4.78, 5) is 7.96. The summed E-state index contributed by atoms with van der Waals surface area (Å²) < 4.78 is 0. The van der Waals surface area contributed by atoms with Gasteiger partial charge in [-0.1, -0.05) is 17.7 Å². The lowest BCUT2D eigenvalue weighted by Crippen LogP contribution is -1.84. The Hall–Kier alpha value is -1.44. The molecule has 0 aromatic rings. The highest BCUT2D eigenvalue weighted by atomic mass is 14.8. The Morgan fingerprint density at radius 1 is 1.21 bits per heavy atom. The van der Waals surface area contributed by atoms with E-state index in [1.54, 1.807) is 6.21 Å². The average Bonchev–Trinajstić information content (AvgIpc) is 2.15. The van der Waals surface area contributed by atoms with Crippen molar-refractivity contribution in [1.82, 2.24) is 0 Å². The molecule has 0 rings (SSSR count). The van der Waals surface area contributed by atoms with Crippen molar-refractivity contribution in [3.63, 3.8) is 0 Å². The Morgan fingerprint density at radius 3 is 2.14 bits per heavy atom. The molecule has 0 amide bonds. The minimum Gasteiger partial charge on any atom is -0.263 e. The first kappa shape index (κ1) is 12.6. The van der Waals surface area contributed by atoms with Crippen LogP contribution in [-0.2, 0) is 0 Å². The molecule has 0 atom stereocenters. The molecule has 0 fully saturated rings. The normalized spacial score (nSPS) is 11.6. The van der Waals surface area contributed by atoms with E-state index in [9.17, 15) is 0 Å². The van der Waals surface area contributed by atoms with Gasteiger partial charge in [0.05, 0.1) is 11.4 Å². The maximum atomic E-state index is 4.19. The van der Waals surface area contributed by atoms with Gasteiger partial charge in [0.15, 0.2) is 0 Å². The summed E-state index contributed by atoms with van der Waals surface area (Å²) in [6.45, 7) is 15.2. The van der Waals surface area contributed by atoms with E-state index >= 15 is 0 Å². The van der Waals surface area contributed by atoms with Gasteiger partial charge in [0.1, 0.15) is 0 Å². The van der Waals surface area contributed by atoms with Gasteiger partial charge in [-0.05, 0) is 40.5 Å². The van der Waals surface area contributed by atoms with Crippen LogP contribution >= 0.6 is 0 Å². The van der Waals surface area contributed by atoms with Crippen LogP contribution in [-0.4, -0.2) is 12.9 Å². The van der Waals surface area contributed by atoms with Gasteiger partial charge in [-0.15, -0.1) is 0 Å². The Morgan fingerprint density at radius 2 is 1.79 bits per heavy atom. The molecular formula is C12H18N2. The Balaban J connectivity index is 5.11. The van der Waals surface area contributed by atoms with E-state index in [-0.39, 0.29) is 0 Å². The van der Waals surface area contributed by atoms with Crippen molar-refractivity contribution in [1.29, 1.82) is 0 Å². The molecule has 0 spiro atoms. The number of nitrogens with zero attached hydrogens (tertiary/aromatic N) is 2. The fourth-order valence-electron chi connectivity index (χ4n) is 0.765. The second-order valence-electron chi connectivity index (χ2n) is 3.20. The SMILES string of the molecule is C=NC(=C)/C(=C\C(C)=C(C)C)N=CC. The lowest BCUT2D eigenvalue weighted by molar-refractivity contribution is 1.22. The Bertz CT molecular complexity index is 313. The maximum Gasteiger partial charge on any atom is 0.0878 e. The average molecular weight is 190 g/mol. The molecule has 0 saturated carbocycles. The fourth-order valence-corrected chi connectivity index (χ4v) is 0.765. The number of allylic oxidation sites excluding steroid dienone is 3. The van der Waals surface area contributed by atoms with Crippen LogP contribution in [0.2, 0.25) is 0 Å². The minimum absolute atomic E-state index is 0.601. The van der Waals surface area contributed by atoms with Gasteiger partial charge in [0.25, 0.3) is 0 Å². The lowest BCUT2D eigenvalue weighted by Gasteiger charge is -2.02. The van der Waals surface area contributed by atoms with E-state index in [2.05, 4.69) is 37.1 Å². The number of hydrogen-bond acceptors (Lipinski definition) is 2. The van der Waals surface area contributed by atoms with Crippen LogP contribution in [0.15, 0.2) is 45.2 Å². The van der Waals surface area contributed by atoms with Crippen LogP contribution in [0.1, 0.15) is 27.7 Å². The summed E-state index contributed by atoms with van der Waals surface area (Å²) in [7, 11) is 0. The second-order valence-corrected chi connectivity index (χ2v) is 3.20. The first-order valence-electron chi connectivity index (χ1n) is 4.53. The molecule has 0 N–H and O–H groups in total. The van der Waals surface area contributed by atoms with Crippen molar-refractivity contribution in [3.05, 3.63) is 35.2 Å². The molecule has 0 aliphatic rings. The monoisotopic (exact) mass is 190 g/mol. The van der Waals surface area contributed by atoms with E-state index < -0.39 is 0 Å². The van der Waals surface area contributed by atoms with E-state index in [4.69, 9.17) is 0 Å². The third-order valence-corrected chi connectivity index (χ3v) is 1.90. The highest BCUT2D eigenvalue weighted by Crippen LogP contribution is 2.14. The van der Waals surface area contributed by atoms with Crippen LogP contribution in [0, 0.1) is 0 Å². The van der Waals surface area contributed by atoms with E-state index in [0.29, 0.717) is 5.70 Å². The first-order chi connectivity index (χ1) is 6.52. The number of rotatable bonds is 4. The highest BCUT2D eigenvalue weighted by Gasteiger charge is 1.98. The molecule has 0 bridgehead atoms. The summed E-state index contributed by atoms with van der Waals surface area (Å²) in [5.41, 5.74) is 3.80. The topological polar surface area (TPSA) is 24.7 Å². The summed E-state index contributed by atoms with van der Waals surface area (Å²) in [5, 5.41) is 0. The molecular weight excluding hydrogens is 172 g/mol.